The lowest BCUT2D eigenvalue weighted by Crippen LogP contribution is -2.57. The molecule has 2 aromatic carbocycles. The minimum Gasteiger partial charge on any atom is -0.394 e. The van der Waals surface area contributed by atoms with Crippen molar-refractivity contribution >= 4 is 83.0 Å². The molecule has 0 saturated carbocycles. The van der Waals surface area contributed by atoms with Gasteiger partial charge in [0.2, 0.25) is 5.91 Å². The number of hydrogen-bond donors (Lipinski definition) is 12. The van der Waals surface area contributed by atoms with Crippen molar-refractivity contribution < 1.29 is 75.0 Å². The molecule has 1 aliphatic rings. The summed E-state index contributed by atoms with van der Waals surface area (Å²) in [5, 5.41) is 104. The molecule has 3 rings (SSSR count). The third-order valence-corrected chi connectivity index (χ3v) is 10.4. The van der Waals surface area contributed by atoms with Gasteiger partial charge in [-0.25, -0.2) is 5.01 Å². The summed E-state index contributed by atoms with van der Waals surface area (Å²) in [5.41, 5.74) is 3.88. The highest BCUT2D eigenvalue weighted by atomic mass is 79.9. The van der Waals surface area contributed by atoms with E-state index in [1.165, 1.54) is 24.3 Å². The fourth-order valence-electron chi connectivity index (χ4n) is 5.27. The van der Waals surface area contributed by atoms with E-state index in [4.69, 9.17) is 10.8 Å². The van der Waals surface area contributed by atoms with E-state index in [0.29, 0.717) is 10.0 Å². The number of carbonyl (C=O) groups excluding carboxylic acids is 5. The number of hydrazine groups is 1. The smallest absolute Gasteiger partial charge is 0.281 e. The molecule has 5 amide bonds. The summed E-state index contributed by atoms with van der Waals surface area (Å²) >= 11 is 9.44. The molecule has 0 bridgehead atoms. The Hall–Kier alpha value is -2.97. The van der Waals surface area contributed by atoms with E-state index in [0.717, 1.165) is 6.92 Å². The van der Waals surface area contributed by atoms with Gasteiger partial charge >= 0.3 is 0 Å². The SMILES string of the molecule is CC(=O)N(c1c(Br)c(C(N)=O)c(Br)c(C(=O)NC(CC(O)C(O)C(O)C(O)CO)C(O)C(O)C(O)C(O)CO)c1Br)N1C(=O)c2ccccc2C1=O. The highest BCUT2D eigenvalue weighted by Gasteiger charge is 2.45. The number of amides is 5. The summed E-state index contributed by atoms with van der Waals surface area (Å²) in [5.74, 6) is -5.41. The molecule has 0 spiro atoms. The van der Waals surface area contributed by atoms with Gasteiger partial charge in [-0.2, -0.15) is 5.01 Å². The van der Waals surface area contributed by atoms with Crippen LogP contribution >= 0.6 is 47.8 Å². The Kier molecular flexibility index (Phi) is 15.0. The summed E-state index contributed by atoms with van der Waals surface area (Å²) in [6.07, 6.45) is -18.5. The molecule has 0 aromatic heterocycles. The molecular weight excluding hydrogens is 896 g/mol. The standard InChI is InChI=1S/C30H35Br3N4O15/c1-9(40)36(37-29(51)10-4-2-3-5-11(10)30(37)52)21-19(32)16(27(34)49)18(31)17(20(21)33)28(50)35-12(22(44)26(48)25(47)15(43)8-39)6-13(41)23(45)24(46)14(42)7-38/h2-5,12-15,22-26,38-39,41-48H,6-8H2,1H3,(H2,34,49)(H,35,50). The molecule has 52 heavy (non-hydrogen) atoms. The predicted molar refractivity (Wildman–Crippen MR) is 186 cm³/mol. The number of anilines is 1. The van der Waals surface area contributed by atoms with Crippen molar-refractivity contribution in [3.63, 3.8) is 0 Å². The zero-order valence-electron chi connectivity index (χ0n) is 26.7. The van der Waals surface area contributed by atoms with Crippen molar-refractivity contribution in [1.29, 1.82) is 0 Å². The second-order valence-corrected chi connectivity index (χ2v) is 13.9. The van der Waals surface area contributed by atoms with Gasteiger partial charge in [0.05, 0.1) is 62.2 Å². The van der Waals surface area contributed by atoms with Gasteiger partial charge in [-0.1, -0.05) is 12.1 Å². The van der Waals surface area contributed by atoms with Crippen LogP contribution < -0.4 is 16.1 Å². The number of primary amides is 1. The van der Waals surface area contributed by atoms with Crippen LogP contribution in [0.1, 0.15) is 54.8 Å². The van der Waals surface area contributed by atoms with Crippen LogP contribution in [0.25, 0.3) is 0 Å². The maximum atomic E-state index is 14.1. The van der Waals surface area contributed by atoms with Crippen molar-refractivity contribution in [2.75, 3.05) is 18.2 Å². The first-order chi connectivity index (χ1) is 24.2. The monoisotopic (exact) mass is 928 g/mol. The van der Waals surface area contributed by atoms with E-state index in [1.807, 2.05) is 0 Å². The number of nitrogens with two attached hydrogens (primary N) is 1. The number of fused-ring (bicyclic) bond motifs is 1. The lowest BCUT2D eigenvalue weighted by Gasteiger charge is -2.35. The van der Waals surface area contributed by atoms with Gasteiger partial charge < -0.3 is 62.1 Å². The molecule has 0 saturated heterocycles. The Bertz CT molecular complexity index is 1680. The van der Waals surface area contributed by atoms with E-state index >= 15 is 0 Å². The van der Waals surface area contributed by atoms with Crippen LogP contribution in [0.3, 0.4) is 0 Å². The minimum absolute atomic E-state index is 0.0718. The highest BCUT2D eigenvalue weighted by Crippen LogP contribution is 2.45. The fraction of sp³-hybridized carbons (Fsp3) is 0.433. The summed E-state index contributed by atoms with van der Waals surface area (Å²) in [6.45, 7) is -1.18. The van der Waals surface area contributed by atoms with Crippen molar-refractivity contribution in [3.05, 3.63) is 59.9 Å². The van der Waals surface area contributed by atoms with E-state index in [9.17, 15) is 69.9 Å². The van der Waals surface area contributed by atoms with Crippen LogP contribution in [0.5, 0.6) is 0 Å². The number of aliphatic hydroxyl groups excluding tert-OH is 10. The molecule has 13 N–H and O–H groups in total. The summed E-state index contributed by atoms with van der Waals surface area (Å²) in [4.78, 5) is 66.9. The first-order valence-corrected chi connectivity index (χ1v) is 17.4. The van der Waals surface area contributed by atoms with Gasteiger partial charge in [0.15, 0.2) is 0 Å². The van der Waals surface area contributed by atoms with E-state index in [1.54, 1.807) is 0 Å². The Morgan fingerprint density at radius 1 is 0.731 bits per heavy atom. The number of nitrogens with one attached hydrogen (secondary N) is 1. The average Bonchev–Trinajstić information content (AvgIpc) is 3.35. The molecule has 2 aromatic rings. The van der Waals surface area contributed by atoms with Crippen LogP contribution in [0.4, 0.5) is 5.69 Å². The molecule has 286 valence electrons. The molecule has 1 heterocycles. The van der Waals surface area contributed by atoms with Crippen LogP contribution in [0.15, 0.2) is 37.7 Å². The lowest BCUT2D eigenvalue weighted by atomic mass is 9.91. The number of nitrogens with zero attached hydrogens (tertiary/aromatic N) is 2. The molecule has 19 nitrogen and oxygen atoms in total. The van der Waals surface area contributed by atoms with Crippen LogP contribution in [0, 0.1) is 0 Å². The third-order valence-electron chi connectivity index (χ3n) is 8.08. The van der Waals surface area contributed by atoms with Crippen molar-refractivity contribution in [3.8, 4) is 0 Å². The fourth-order valence-corrected chi connectivity index (χ4v) is 8.35. The number of benzene rings is 2. The van der Waals surface area contributed by atoms with Crippen molar-refractivity contribution in [2.45, 2.75) is 68.2 Å². The Morgan fingerprint density at radius 2 is 1.17 bits per heavy atom. The molecular formula is C30H35Br3N4O15. The van der Waals surface area contributed by atoms with Gasteiger partial charge in [0.1, 0.15) is 42.7 Å². The zero-order valence-corrected chi connectivity index (χ0v) is 31.5. The number of imide groups is 1. The number of aliphatic hydroxyl groups is 10. The minimum atomic E-state index is -2.37. The third kappa shape index (κ3) is 8.54. The summed E-state index contributed by atoms with van der Waals surface area (Å²) in [6, 6.07) is 3.65. The molecule has 9 atom stereocenters. The van der Waals surface area contributed by atoms with Gasteiger partial charge in [0.25, 0.3) is 23.6 Å². The molecule has 0 fully saturated rings. The topological polar surface area (TPSA) is 332 Å². The second kappa shape index (κ2) is 17.9. The average molecular weight is 931 g/mol. The maximum Gasteiger partial charge on any atom is 0.281 e. The van der Waals surface area contributed by atoms with Gasteiger partial charge in [0, 0.05) is 11.4 Å². The largest absolute Gasteiger partial charge is 0.394 e. The molecule has 0 aliphatic carbocycles. The summed E-state index contributed by atoms with van der Waals surface area (Å²) < 4.78 is -1.07. The maximum absolute atomic E-state index is 14.1. The van der Waals surface area contributed by atoms with Crippen molar-refractivity contribution in [2.24, 2.45) is 5.73 Å². The van der Waals surface area contributed by atoms with E-state index < -0.39 is 125 Å². The van der Waals surface area contributed by atoms with E-state index in [2.05, 4.69) is 53.1 Å². The predicted octanol–water partition coefficient (Wildman–Crippen LogP) is -3.00. The number of hydrogen-bond acceptors (Lipinski definition) is 15. The zero-order chi connectivity index (χ0) is 39.5. The number of carbonyl (C=O) groups is 5. The highest BCUT2D eigenvalue weighted by molar-refractivity contribution is 9.11. The number of halogens is 3. The van der Waals surface area contributed by atoms with Crippen LogP contribution in [-0.4, -0.2) is 154 Å². The van der Waals surface area contributed by atoms with Gasteiger partial charge in [-0.05, 0) is 66.3 Å². The Labute approximate surface area is 319 Å². The summed E-state index contributed by atoms with van der Waals surface area (Å²) in [7, 11) is 0. The van der Waals surface area contributed by atoms with Gasteiger partial charge in [-0.3, -0.25) is 24.0 Å². The normalized spacial score (nSPS) is 18.1. The quantitative estimate of drug-likeness (QED) is 0.0747. The Morgan fingerprint density at radius 3 is 1.62 bits per heavy atom. The van der Waals surface area contributed by atoms with Crippen LogP contribution in [0.2, 0.25) is 0 Å². The first-order valence-electron chi connectivity index (χ1n) is 15.0. The van der Waals surface area contributed by atoms with E-state index in [-0.39, 0.29) is 20.1 Å². The molecule has 0 radical (unpaired) electrons. The van der Waals surface area contributed by atoms with Crippen LogP contribution in [-0.2, 0) is 4.79 Å². The lowest BCUT2D eigenvalue weighted by molar-refractivity contribution is -0.134. The van der Waals surface area contributed by atoms with Gasteiger partial charge in [-0.15, -0.1) is 0 Å². The first kappa shape index (κ1) is 43.4. The van der Waals surface area contributed by atoms with Crippen molar-refractivity contribution in [1.82, 2.24) is 10.3 Å². The number of rotatable bonds is 16. The Balaban J connectivity index is 2.20. The molecule has 22 heteroatoms. The molecule has 9 unspecified atom stereocenters. The second-order valence-electron chi connectivity index (χ2n) is 11.5. The molecule has 1 aliphatic heterocycles.